The summed E-state index contributed by atoms with van der Waals surface area (Å²) in [5.41, 5.74) is 11.0. The molecule has 6 N–H and O–H groups in total. The molecule has 2 aromatic carbocycles. The number of H-pyrrole nitrogens is 1. The number of aliphatic carboxylic acids is 3. The van der Waals surface area contributed by atoms with Crippen LogP contribution in [0.2, 0.25) is 5.02 Å². The second-order valence-corrected chi connectivity index (χ2v) is 9.83. The third-order valence-corrected chi connectivity index (χ3v) is 5.75. The molecule has 0 saturated heterocycles. The number of nitrogens with two attached hydrogens (primary N) is 1. The molecular formula is C28H23ClF10N4O7. The van der Waals surface area contributed by atoms with Crippen LogP contribution in [0.5, 0.6) is 5.75 Å². The minimum atomic E-state index is -5.08. The van der Waals surface area contributed by atoms with E-state index in [4.69, 9.17) is 51.8 Å². The van der Waals surface area contributed by atoms with Gasteiger partial charge in [-0.15, -0.1) is 0 Å². The molecule has 0 amide bonds. The Morgan fingerprint density at radius 1 is 0.840 bits per heavy atom. The molecule has 1 atom stereocenters. The van der Waals surface area contributed by atoms with Gasteiger partial charge in [0, 0.05) is 28.9 Å². The van der Waals surface area contributed by atoms with Crippen molar-refractivity contribution in [2.45, 2.75) is 37.9 Å². The van der Waals surface area contributed by atoms with Crippen LogP contribution in [-0.2, 0) is 20.8 Å². The molecule has 0 unspecified atom stereocenters. The summed E-state index contributed by atoms with van der Waals surface area (Å²) in [5, 5.41) is 29.8. The molecule has 4 rings (SSSR count). The zero-order valence-electron chi connectivity index (χ0n) is 24.8. The van der Waals surface area contributed by atoms with Crippen LogP contribution in [0, 0.1) is 12.7 Å². The number of halogens is 11. The van der Waals surface area contributed by atoms with Gasteiger partial charge in [-0.3, -0.25) is 10.1 Å². The second kappa shape index (κ2) is 18.0. The number of carboxylic acids is 3. The Balaban J connectivity index is 0.000000486. The number of aromatic nitrogens is 3. The minimum absolute atomic E-state index is 0.0948. The zero-order chi connectivity index (χ0) is 38.6. The summed E-state index contributed by atoms with van der Waals surface area (Å²) < 4.78 is 114. The van der Waals surface area contributed by atoms with Crippen LogP contribution in [0.4, 0.5) is 43.9 Å². The quantitative estimate of drug-likeness (QED) is 0.135. The van der Waals surface area contributed by atoms with Gasteiger partial charge < -0.3 is 25.8 Å². The highest BCUT2D eigenvalue weighted by atomic mass is 35.5. The predicted molar refractivity (Wildman–Crippen MR) is 154 cm³/mol. The molecule has 0 aliphatic heterocycles. The number of aryl methyl sites for hydroxylation is 1. The summed E-state index contributed by atoms with van der Waals surface area (Å²) in [7, 11) is 0. The lowest BCUT2D eigenvalue weighted by atomic mass is 10.0. The van der Waals surface area contributed by atoms with Crippen molar-refractivity contribution < 1.29 is 78.3 Å². The number of hydrogen-bond donors (Lipinski definition) is 5. The lowest BCUT2D eigenvalue weighted by molar-refractivity contribution is -0.193. The number of rotatable bonds is 6. The Kier molecular flexibility index (Phi) is 15.4. The summed E-state index contributed by atoms with van der Waals surface area (Å²) in [6.07, 6.45) is -11.3. The molecule has 50 heavy (non-hydrogen) atoms. The summed E-state index contributed by atoms with van der Waals surface area (Å²) in [4.78, 5) is 31.0. The van der Waals surface area contributed by atoms with Crippen LogP contribution < -0.4 is 10.5 Å². The van der Waals surface area contributed by atoms with Crippen LogP contribution in [0.15, 0.2) is 54.9 Å². The Labute approximate surface area is 278 Å². The van der Waals surface area contributed by atoms with E-state index in [0.717, 1.165) is 33.3 Å². The van der Waals surface area contributed by atoms with Gasteiger partial charge in [-0.25, -0.2) is 18.8 Å². The van der Waals surface area contributed by atoms with Crippen molar-refractivity contribution in [3.05, 3.63) is 77.0 Å². The molecule has 2 heterocycles. The number of nitrogens with zero attached hydrogens (tertiary/aromatic N) is 2. The van der Waals surface area contributed by atoms with Gasteiger partial charge in [0.25, 0.3) is 0 Å². The molecule has 0 fully saturated rings. The molecular weight excluding hydrogens is 730 g/mol. The van der Waals surface area contributed by atoms with Gasteiger partial charge in [-0.2, -0.15) is 44.6 Å². The minimum Gasteiger partial charge on any atom is -0.490 e. The van der Waals surface area contributed by atoms with Crippen LogP contribution in [0.25, 0.3) is 22.0 Å². The lowest BCUT2D eigenvalue weighted by Crippen LogP contribution is -2.30. The maximum atomic E-state index is 13.3. The highest BCUT2D eigenvalue weighted by molar-refractivity contribution is 6.30. The van der Waals surface area contributed by atoms with E-state index in [0.29, 0.717) is 18.8 Å². The molecule has 4 aromatic rings. The van der Waals surface area contributed by atoms with Crippen LogP contribution in [0.3, 0.4) is 0 Å². The fraction of sp³-hybridized carbons (Fsp3) is 0.250. The number of alkyl halides is 9. The highest BCUT2D eigenvalue weighted by Crippen LogP contribution is 2.27. The van der Waals surface area contributed by atoms with Crippen molar-refractivity contribution in [2.75, 3.05) is 6.61 Å². The standard InChI is InChI=1S/C22H20ClFN4O.3C2HF3O2/c1-13-19-9-15(3-5-22(19)28-27-13)16-8-18(11-26-10-16)29-12-17(25)6-14-2-4-21(24)20(23)7-14;3*3-2(4,5)1(6)7/h2-5,7-11,17H,6,12,25H2,1H3,(H,27,28);3*(H,6,7)/t17-;;;/m0.../s1. The van der Waals surface area contributed by atoms with E-state index in [-0.39, 0.29) is 11.1 Å². The Morgan fingerprint density at radius 3 is 1.84 bits per heavy atom. The smallest absolute Gasteiger partial charge is 0.490 e. The fourth-order valence-corrected chi connectivity index (χ4v) is 3.41. The van der Waals surface area contributed by atoms with Gasteiger partial charge in [0.2, 0.25) is 0 Å². The van der Waals surface area contributed by atoms with E-state index in [2.05, 4.69) is 21.2 Å². The maximum absolute atomic E-state index is 13.3. The number of carbonyl (C=O) groups is 3. The largest absolute Gasteiger partial charge is 0.490 e. The molecule has 2 aromatic heterocycles. The average molecular weight is 753 g/mol. The Morgan fingerprint density at radius 2 is 1.36 bits per heavy atom. The topological polar surface area (TPSA) is 189 Å². The average Bonchev–Trinajstić information content (AvgIpc) is 3.37. The molecule has 22 heteroatoms. The first-order valence-corrected chi connectivity index (χ1v) is 13.3. The lowest BCUT2D eigenvalue weighted by Gasteiger charge is -2.14. The molecule has 0 aliphatic rings. The van der Waals surface area contributed by atoms with Crippen molar-refractivity contribution in [3.8, 4) is 16.9 Å². The van der Waals surface area contributed by atoms with Crippen LogP contribution in [0.1, 0.15) is 11.3 Å². The van der Waals surface area contributed by atoms with E-state index in [1.807, 2.05) is 25.1 Å². The Bertz CT molecular complexity index is 1710. The first kappa shape index (κ1) is 42.8. The van der Waals surface area contributed by atoms with Crippen molar-refractivity contribution in [3.63, 3.8) is 0 Å². The zero-order valence-corrected chi connectivity index (χ0v) is 25.5. The van der Waals surface area contributed by atoms with Crippen LogP contribution in [-0.4, -0.2) is 79.6 Å². The number of fused-ring (bicyclic) bond motifs is 1. The van der Waals surface area contributed by atoms with E-state index in [1.54, 1.807) is 24.5 Å². The SMILES string of the molecule is Cc1[nH]nc2ccc(-c3cncc(OC[C@@H](N)Cc4ccc(F)c(Cl)c4)c3)cc12.O=C(O)C(F)(F)F.O=C(O)C(F)(F)F.O=C(O)C(F)(F)F. The summed E-state index contributed by atoms with van der Waals surface area (Å²) in [5.74, 6) is -8.07. The van der Waals surface area contributed by atoms with Gasteiger partial charge in [0.1, 0.15) is 18.2 Å². The number of pyridine rings is 1. The van der Waals surface area contributed by atoms with Crippen molar-refractivity contribution in [2.24, 2.45) is 5.73 Å². The van der Waals surface area contributed by atoms with Crippen LogP contribution >= 0.6 is 11.6 Å². The molecule has 11 nitrogen and oxygen atoms in total. The first-order valence-electron chi connectivity index (χ1n) is 13.0. The summed E-state index contributed by atoms with van der Waals surface area (Å²) in [6, 6.07) is 12.4. The molecule has 0 spiro atoms. The molecule has 0 aliphatic carbocycles. The predicted octanol–water partition coefficient (Wildman–Crippen LogP) is 6.57. The van der Waals surface area contributed by atoms with Gasteiger partial charge in [0.15, 0.2) is 0 Å². The maximum Gasteiger partial charge on any atom is 0.490 e. The highest BCUT2D eigenvalue weighted by Gasteiger charge is 2.39. The van der Waals surface area contributed by atoms with Crippen molar-refractivity contribution in [1.82, 2.24) is 15.2 Å². The van der Waals surface area contributed by atoms with E-state index in [1.165, 1.54) is 6.07 Å². The van der Waals surface area contributed by atoms with E-state index < -0.39 is 42.3 Å². The monoisotopic (exact) mass is 752 g/mol. The third-order valence-electron chi connectivity index (χ3n) is 5.46. The van der Waals surface area contributed by atoms with Crippen molar-refractivity contribution >= 4 is 40.4 Å². The fourth-order valence-electron chi connectivity index (χ4n) is 3.20. The number of carboxylic acid groups (broad SMARTS) is 3. The number of ether oxygens (including phenoxy) is 1. The summed E-state index contributed by atoms with van der Waals surface area (Å²) in [6.45, 7) is 2.30. The second-order valence-electron chi connectivity index (χ2n) is 9.42. The normalized spacial score (nSPS) is 11.9. The number of aromatic amines is 1. The molecule has 274 valence electrons. The molecule has 0 bridgehead atoms. The summed E-state index contributed by atoms with van der Waals surface area (Å²) >= 11 is 5.82. The van der Waals surface area contributed by atoms with E-state index in [9.17, 15) is 43.9 Å². The number of benzene rings is 2. The van der Waals surface area contributed by atoms with Gasteiger partial charge in [0.05, 0.1) is 16.7 Å². The first-order chi connectivity index (χ1) is 22.8. The Hall–Kier alpha value is -5.18. The number of nitrogens with one attached hydrogen (secondary N) is 1. The molecule has 0 saturated carbocycles. The van der Waals surface area contributed by atoms with Gasteiger partial charge >= 0.3 is 36.4 Å². The van der Waals surface area contributed by atoms with Gasteiger partial charge in [-0.1, -0.05) is 23.7 Å². The van der Waals surface area contributed by atoms with Crippen molar-refractivity contribution in [1.29, 1.82) is 0 Å². The third kappa shape index (κ3) is 14.9. The number of hydrogen-bond acceptors (Lipinski definition) is 7. The molecule has 0 radical (unpaired) electrons. The van der Waals surface area contributed by atoms with E-state index >= 15 is 0 Å². The van der Waals surface area contributed by atoms with Gasteiger partial charge in [-0.05, 0) is 54.8 Å².